The van der Waals surface area contributed by atoms with Crippen LogP contribution in [0.3, 0.4) is 0 Å². The molecule has 0 N–H and O–H groups in total. The van der Waals surface area contributed by atoms with Crippen LogP contribution in [-0.2, 0) is 20.9 Å². The predicted octanol–water partition coefficient (Wildman–Crippen LogP) is 2.78. The molecule has 0 bridgehead atoms. The zero-order valence-corrected chi connectivity index (χ0v) is 11.2. The van der Waals surface area contributed by atoms with E-state index in [1.165, 1.54) is 6.92 Å². The molecule has 0 spiro atoms. The first-order valence-corrected chi connectivity index (χ1v) is 6.10. The molecule has 0 saturated heterocycles. The molecule has 3 nitrogen and oxygen atoms in total. The van der Waals surface area contributed by atoms with Gasteiger partial charge in [0.15, 0.2) is 0 Å². The van der Waals surface area contributed by atoms with Gasteiger partial charge in [0.05, 0.1) is 18.6 Å². The predicted molar refractivity (Wildman–Crippen MR) is 70.2 cm³/mol. The molecule has 0 atom stereocenters. The maximum Gasteiger partial charge on any atom is 0.148 e. The molecule has 0 fully saturated rings. The van der Waals surface area contributed by atoms with Gasteiger partial charge in [-0.05, 0) is 26.3 Å². The quantitative estimate of drug-likeness (QED) is 0.550. The van der Waals surface area contributed by atoms with Crippen LogP contribution in [0.2, 0.25) is 0 Å². The molecule has 1 aromatic rings. The number of benzene rings is 1. The van der Waals surface area contributed by atoms with Crippen LogP contribution in [-0.4, -0.2) is 18.2 Å². The van der Waals surface area contributed by atoms with Crippen molar-refractivity contribution in [3.8, 4) is 0 Å². The van der Waals surface area contributed by atoms with Gasteiger partial charge in [-0.3, -0.25) is 9.59 Å². The molecule has 1 rings (SSSR count). The Bertz CT molecular complexity index is 407. The van der Waals surface area contributed by atoms with Crippen molar-refractivity contribution in [3.63, 3.8) is 0 Å². The zero-order valence-electron chi connectivity index (χ0n) is 11.2. The SMILES string of the molecule is CC(=O)C(C)(C)C(=O)CCOCc1ccccc1. The molecule has 0 aliphatic heterocycles. The lowest BCUT2D eigenvalue weighted by atomic mass is 9.83. The summed E-state index contributed by atoms with van der Waals surface area (Å²) in [6, 6.07) is 9.79. The smallest absolute Gasteiger partial charge is 0.148 e. The fraction of sp³-hybridized carbons (Fsp3) is 0.467. The van der Waals surface area contributed by atoms with Crippen LogP contribution in [0.15, 0.2) is 30.3 Å². The summed E-state index contributed by atoms with van der Waals surface area (Å²) in [6.45, 7) is 5.62. The largest absolute Gasteiger partial charge is 0.376 e. The van der Waals surface area contributed by atoms with Crippen LogP contribution >= 0.6 is 0 Å². The first-order valence-electron chi connectivity index (χ1n) is 6.10. The lowest BCUT2D eigenvalue weighted by molar-refractivity contribution is -0.138. The Hall–Kier alpha value is -1.48. The summed E-state index contributed by atoms with van der Waals surface area (Å²) >= 11 is 0. The van der Waals surface area contributed by atoms with Crippen LogP contribution in [0.25, 0.3) is 0 Å². The fourth-order valence-electron chi connectivity index (χ4n) is 1.44. The molecule has 0 aliphatic rings. The Labute approximate surface area is 108 Å². The van der Waals surface area contributed by atoms with E-state index in [0.717, 1.165) is 5.56 Å². The molecular formula is C15H20O3. The first-order chi connectivity index (χ1) is 8.44. The second kappa shape index (κ2) is 6.45. The van der Waals surface area contributed by atoms with Gasteiger partial charge in [0.2, 0.25) is 0 Å². The number of ketones is 2. The van der Waals surface area contributed by atoms with Gasteiger partial charge in [-0.15, -0.1) is 0 Å². The second-order valence-corrected chi connectivity index (χ2v) is 4.89. The normalized spacial score (nSPS) is 11.3. The third kappa shape index (κ3) is 4.08. The van der Waals surface area contributed by atoms with E-state index in [9.17, 15) is 9.59 Å². The fourth-order valence-corrected chi connectivity index (χ4v) is 1.44. The molecule has 3 heteroatoms. The number of carbonyl (C=O) groups is 2. The molecule has 0 heterocycles. The highest BCUT2D eigenvalue weighted by atomic mass is 16.5. The van der Waals surface area contributed by atoms with Gasteiger partial charge < -0.3 is 4.74 Å². The molecular weight excluding hydrogens is 228 g/mol. The van der Waals surface area contributed by atoms with Crippen molar-refractivity contribution >= 4 is 11.6 Å². The summed E-state index contributed by atoms with van der Waals surface area (Å²) in [6.07, 6.45) is 0.277. The first kappa shape index (κ1) is 14.6. The lowest BCUT2D eigenvalue weighted by Gasteiger charge is -2.19. The van der Waals surface area contributed by atoms with E-state index in [-0.39, 0.29) is 18.0 Å². The van der Waals surface area contributed by atoms with E-state index in [4.69, 9.17) is 4.74 Å². The monoisotopic (exact) mass is 248 g/mol. The third-order valence-corrected chi connectivity index (χ3v) is 3.16. The van der Waals surface area contributed by atoms with E-state index in [2.05, 4.69) is 0 Å². The molecule has 0 saturated carbocycles. The standard InChI is InChI=1S/C15H20O3/c1-12(16)15(2,3)14(17)9-10-18-11-13-7-5-4-6-8-13/h4-8H,9-11H2,1-3H3. The zero-order chi connectivity index (χ0) is 13.6. The molecule has 0 unspecified atom stereocenters. The Morgan fingerprint density at radius 1 is 1.17 bits per heavy atom. The Morgan fingerprint density at radius 2 is 1.78 bits per heavy atom. The summed E-state index contributed by atoms with van der Waals surface area (Å²) in [5, 5.41) is 0. The molecule has 0 aromatic heterocycles. The second-order valence-electron chi connectivity index (χ2n) is 4.89. The van der Waals surface area contributed by atoms with Gasteiger partial charge in [-0.1, -0.05) is 30.3 Å². The van der Waals surface area contributed by atoms with Gasteiger partial charge in [0.25, 0.3) is 0 Å². The Kier molecular flexibility index (Phi) is 5.23. The van der Waals surface area contributed by atoms with Crippen LogP contribution in [0, 0.1) is 5.41 Å². The number of hydrogen-bond donors (Lipinski definition) is 0. The van der Waals surface area contributed by atoms with Gasteiger partial charge in [0, 0.05) is 6.42 Å². The summed E-state index contributed by atoms with van der Waals surface area (Å²) < 4.78 is 5.43. The van der Waals surface area contributed by atoms with Crippen molar-refractivity contribution in [3.05, 3.63) is 35.9 Å². The van der Waals surface area contributed by atoms with Crippen LogP contribution in [0.4, 0.5) is 0 Å². The van der Waals surface area contributed by atoms with E-state index in [1.807, 2.05) is 30.3 Å². The van der Waals surface area contributed by atoms with E-state index < -0.39 is 5.41 Å². The average molecular weight is 248 g/mol. The summed E-state index contributed by atoms with van der Waals surface area (Å²) in [5.74, 6) is -0.168. The highest BCUT2D eigenvalue weighted by Gasteiger charge is 2.31. The van der Waals surface area contributed by atoms with Crippen molar-refractivity contribution in [2.24, 2.45) is 5.41 Å². The van der Waals surface area contributed by atoms with Crippen LogP contribution in [0.5, 0.6) is 0 Å². The van der Waals surface area contributed by atoms with Crippen LogP contribution < -0.4 is 0 Å². The lowest BCUT2D eigenvalue weighted by Crippen LogP contribution is -2.32. The number of Topliss-reactive ketones (excluding diaryl/α,β-unsaturated/α-hetero) is 2. The third-order valence-electron chi connectivity index (χ3n) is 3.16. The molecule has 18 heavy (non-hydrogen) atoms. The molecule has 0 aliphatic carbocycles. The van der Waals surface area contributed by atoms with Gasteiger partial charge in [0.1, 0.15) is 11.6 Å². The molecule has 0 radical (unpaired) electrons. The number of rotatable bonds is 7. The van der Waals surface area contributed by atoms with Crippen molar-refractivity contribution in [2.75, 3.05) is 6.61 Å². The van der Waals surface area contributed by atoms with Crippen molar-refractivity contribution in [2.45, 2.75) is 33.8 Å². The van der Waals surface area contributed by atoms with Gasteiger partial charge in [-0.25, -0.2) is 0 Å². The topological polar surface area (TPSA) is 43.4 Å². The maximum absolute atomic E-state index is 11.8. The highest BCUT2D eigenvalue weighted by molar-refractivity contribution is 6.05. The highest BCUT2D eigenvalue weighted by Crippen LogP contribution is 2.19. The summed E-state index contributed by atoms with van der Waals surface area (Å²) in [7, 11) is 0. The van der Waals surface area contributed by atoms with Crippen molar-refractivity contribution < 1.29 is 14.3 Å². The molecule has 0 amide bonds. The van der Waals surface area contributed by atoms with Crippen molar-refractivity contribution in [1.82, 2.24) is 0 Å². The van der Waals surface area contributed by atoms with Gasteiger partial charge in [-0.2, -0.15) is 0 Å². The number of ether oxygens (including phenoxy) is 1. The number of hydrogen-bond acceptors (Lipinski definition) is 3. The van der Waals surface area contributed by atoms with Gasteiger partial charge >= 0.3 is 0 Å². The molecule has 98 valence electrons. The maximum atomic E-state index is 11.8. The van der Waals surface area contributed by atoms with Crippen molar-refractivity contribution in [1.29, 1.82) is 0 Å². The minimum atomic E-state index is -0.893. The molecule has 1 aromatic carbocycles. The van der Waals surface area contributed by atoms with E-state index in [0.29, 0.717) is 13.2 Å². The minimum Gasteiger partial charge on any atom is -0.376 e. The van der Waals surface area contributed by atoms with E-state index >= 15 is 0 Å². The Balaban J connectivity index is 2.31. The summed E-state index contributed by atoms with van der Waals surface area (Å²) in [5.41, 5.74) is 0.187. The van der Waals surface area contributed by atoms with E-state index in [1.54, 1.807) is 13.8 Å². The average Bonchev–Trinajstić information content (AvgIpc) is 2.35. The summed E-state index contributed by atoms with van der Waals surface area (Å²) in [4.78, 5) is 23.1. The Morgan fingerprint density at radius 3 is 2.33 bits per heavy atom. The number of carbonyl (C=O) groups excluding carboxylic acids is 2. The minimum absolute atomic E-state index is 0.0666. The van der Waals surface area contributed by atoms with Crippen LogP contribution in [0.1, 0.15) is 32.8 Å².